The second kappa shape index (κ2) is 8.69. The highest BCUT2D eigenvalue weighted by atomic mass is 16.5. The summed E-state index contributed by atoms with van der Waals surface area (Å²) in [5.41, 5.74) is 7.92. The smallest absolute Gasteiger partial charge is 0.320 e. The Morgan fingerprint density at radius 2 is 2.13 bits per heavy atom. The topological polar surface area (TPSA) is 80.9 Å². The Morgan fingerprint density at radius 1 is 1.39 bits per heavy atom. The molecule has 0 unspecified atom stereocenters. The highest BCUT2D eigenvalue weighted by molar-refractivity contribution is 5.71. The largest absolute Gasteiger partial charge is 0.465 e. The van der Waals surface area contributed by atoms with Gasteiger partial charge in [0.1, 0.15) is 5.82 Å². The summed E-state index contributed by atoms with van der Waals surface area (Å²) < 4.78 is 10.6. The molecule has 2 N–H and O–H groups in total. The summed E-state index contributed by atoms with van der Waals surface area (Å²) in [6, 6.07) is 3.95. The molecule has 0 amide bonds. The zero-order chi connectivity index (χ0) is 16.7. The van der Waals surface area contributed by atoms with E-state index in [1.54, 1.807) is 4.90 Å². The Labute approximate surface area is 137 Å². The van der Waals surface area contributed by atoms with Gasteiger partial charge in [0.05, 0.1) is 26.4 Å². The van der Waals surface area contributed by atoms with Gasteiger partial charge in [-0.3, -0.25) is 9.69 Å². The Balaban J connectivity index is 1.83. The van der Waals surface area contributed by atoms with E-state index in [4.69, 9.17) is 15.2 Å². The third-order valence-corrected chi connectivity index (χ3v) is 3.54. The second-order valence-corrected chi connectivity index (χ2v) is 5.90. The van der Waals surface area contributed by atoms with Crippen LogP contribution in [0.4, 0.5) is 11.5 Å². The van der Waals surface area contributed by atoms with Crippen molar-refractivity contribution >= 4 is 17.5 Å². The van der Waals surface area contributed by atoms with Gasteiger partial charge in [-0.25, -0.2) is 4.98 Å². The predicted molar refractivity (Wildman–Crippen MR) is 89.5 cm³/mol. The van der Waals surface area contributed by atoms with Crippen LogP contribution in [-0.2, 0) is 20.7 Å². The predicted octanol–water partition coefficient (Wildman–Crippen LogP) is 0.538. The number of carbonyl (C=O) groups is 1. The van der Waals surface area contributed by atoms with Gasteiger partial charge in [0, 0.05) is 30.5 Å². The summed E-state index contributed by atoms with van der Waals surface area (Å²) >= 11 is 0. The summed E-state index contributed by atoms with van der Waals surface area (Å²) in [5.74, 6) is 0.318. The van der Waals surface area contributed by atoms with Crippen LogP contribution in [0.3, 0.4) is 0 Å². The van der Waals surface area contributed by atoms with Gasteiger partial charge >= 0.3 is 5.97 Å². The first-order valence-electron chi connectivity index (χ1n) is 7.94. The van der Waals surface area contributed by atoms with Crippen LogP contribution in [0.15, 0.2) is 12.1 Å². The number of aryl methyl sites for hydroxylation is 1. The average Bonchev–Trinajstić information content (AvgIpc) is 2.51. The number of esters is 1. The number of hydrogen-bond acceptors (Lipinski definition) is 7. The number of anilines is 2. The monoisotopic (exact) mass is 322 g/mol. The number of nitrogens with two attached hydrogens (primary N) is 1. The third-order valence-electron chi connectivity index (χ3n) is 3.54. The molecule has 23 heavy (non-hydrogen) atoms. The molecule has 0 aliphatic carbocycles. The summed E-state index contributed by atoms with van der Waals surface area (Å²) in [7, 11) is 3.68. The van der Waals surface area contributed by atoms with Gasteiger partial charge in [-0.05, 0) is 33.0 Å². The number of ether oxygens (including phenoxy) is 2. The quantitative estimate of drug-likeness (QED) is 0.579. The third kappa shape index (κ3) is 6.03. The molecule has 2 heterocycles. The van der Waals surface area contributed by atoms with Gasteiger partial charge in [0.15, 0.2) is 0 Å². The molecule has 0 radical (unpaired) electrons. The van der Waals surface area contributed by atoms with Crippen molar-refractivity contribution in [3.05, 3.63) is 17.8 Å². The standard InChI is InChI=1S/C16H26N4O3/c1-19(2)12-16(21)23-7-3-4-13-10-14(11-15(17)18-13)20-5-8-22-9-6-20/h10-11H,3-9,12H2,1-2H3,(H2,17,18). The van der Waals surface area contributed by atoms with Crippen LogP contribution in [0, 0.1) is 0 Å². The molecule has 1 saturated heterocycles. The van der Waals surface area contributed by atoms with E-state index < -0.39 is 0 Å². The minimum atomic E-state index is -0.204. The van der Waals surface area contributed by atoms with E-state index in [-0.39, 0.29) is 5.97 Å². The maximum absolute atomic E-state index is 11.5. The molecule has 1 fully saturated rings. The molecule has 0 bridgehead atoms. The zero-order valence-corrected chi connectivity index (χ0v) is 14.0. The van der Waals surface area contributed by atoms with Crippen molar-refractivity contribution in [3.8, 4) is 0 Å². The van der Waals surface area contributed by atoms with Gasteiger partial charge in [0.25, 0.3) is 0 Å². The van der Waals surface area contributed by atoms with Gasteiger partial charge < -0.3 is 20.1 Å². The lowest BCUT2D eigenvalue weighted by molar-refractivity contribution is -0.144. The number of pyridine rings is 1. The van der Waals surface area contributed by atoms with Crippen molar-refractivity contribution in [2.24, 2.45) is 0 Å². The Hall–Kier alpha value is -1.86. The molecular weight excluding hydrogens is 296 g/mol. The van der Waals surface area contributed by atoms with Crippen LogP contribution in [0.1, 0.15) is 12.1 Å². The fourth-order valence-electron chi connectivity index (χ4n) is 2.47. The van der Waals surface area contributed by atoms with E-state index in [1.807, 2.05) is 20.2 Å². The fraction of sp³-hybridized carbons (Fsp3) is 0.625. The summed E-state index contributed by atoms with van der Waals surface area (Å²) in [6.45, 7) is 3.91. The lowest BCUT2D eigenvalue weighted by atomic mass is 10.2. The molecule has 0 saturated carbocycles. The van der Waals surface area contributed by atoms with Crippen molar-refractivity contribution in [2.75, 3.05) is 64.2 Å². The number of likely N-dealkylation sites (N-methyl/N-ethyl adjacent to an activating group) is 1. The molecule has 0 spiro atoms. The molecule has 128 valence electrons. The molecule has 1 aromatic rings. The SMILES string of the molecule is CN(C)CC(=O)OCCCc1cc(N2CCOCC2)cc(N)n1. The maximum atomic E-state index is 11.5. The molecule has 7 nitrogen and oxygen atoms in total. The number of nitrogens with zero attached hydrogens (tertiary/aromatic N) is 3. The zero-order valence-electron chi connectivity index (χ0n) is 14.0. The number of aromatic nitrogens is 1. The van der Waals surface area contributed by atoms with Crippen molar-refractivity contribution in [2.45, 2.75) is 12.8 Å². The first-order valence-corrected chi connectivity index (χ1v) is 7.94. The Morgan fingerprint density at radius 3 is 2.83 bits per heavy atom. The minimum Gasteiger partial charge on any atom is -0.465 e. The number of rotatable bonds is 7. The highest BCUT2D eigenvalue weighted by Gasteiger charge is 2.13. The molecule has 1 aromatic heterocycles. The highest BCUT2D eigenvalue weighted by Crippen LogP contribution is 2.20. The molecule has 1 aliphatic rings. The molecular formula is C16H26N4O3. The van der Waals surface area contributed by atoms with Gasteiger partial charge in [0.2, 0.25) is 0 Å². The van der Waals surface area contributed by atoms with Gasteiger partial charge in [-0.2, -0.15) is 0 Å². The maximum Gasteiger partial charge on any atom is 0.320 e. The Kier molecular flexibility index (Phi) is 6.61. The lowest BCUT2D eigenvalue weighted by Crippen LogP contribution is -2.36. The molecule has 0 atom stereocenters. The van der Waals surface area contributed by atoms with Crippen LogP contribution in [-0.4, -0.2) is 69.4 Å². The molecule has 2 rings (SSSR count). The normalized spacial score (nSPS) is 15.0. The van der Waals surface area contributed by atoms with Gasteiger partial charge in [-0.15, -0.1) is 0 Å². The van der Waals surface area contributed by atoms with Crippen LogP contribution in [0.2, 0.25) is 0 Å². The van der Waals surface area contributed by atoms with Crippen LogP contribution in [0.5, 0.6) is 0 Å². The van der Waals surface area contributed by atoms with E-state index in [1.165, 1.54) is 0 Å². The number of carbonyl (C=O) groups excluding carboxylic acids is 1. The van der Waals surface area contributed by atoms with Crippen molar-refractivity contribution in [1.29, 1.82) is 0 Å². The lowest BCUT2D eigenvalue weighted by Gasteiger charge is -2.29. The minimum absolute atomic E-state index is 0.204. The van der Waals surface area contributed by atoms with E-state index in [0.29, 0.717) is 19.0 Å². The first-order chi connectivity index (χ1) is 11.0. The number of hydrogen-bond donors (Lipinski definition) is 1. The first kappa shape index (κ1) is 17.5. The summed E-state index contributed by atoms with van der Waals surface area (Å²) in [5, 5.41) is 0. The van der Waals surface area contributed by atoms with Crippen molar-refractivity contribution < 1.29 is 14.3 Å². The van der Waals surface area contributed by atoms with E-state index in [9.17, 15) is 4.79 Å². The van der Waals surface area contributed by atoms with Crippen LogP contribution < -0.4 is 10.6 Å². The van der Waals surface area contributed by atoms with E-state index in [0.717, 1.165) is 50.5 Å². The van der Waals surface area contributed by atoms with Gasteiger partial charge in [-0.1, -0.05) is 0 Å². The van der Waals surface area contributed by atoms with Crippen LogP contribution >= 0.6 is 0 Å². The van der Waals surface area contributed by atoms with Crippen LogP contribution in [0.25, 0.3) is 0 Å². The summed E-state index contributed by atoms with van der Waals surface area (Å²) in [4.78, 5) is 19.9. The number of morpholine rings is 1. The van der Waals surface area contributed by atoms with E-state index in [2.05, 4.69) is 16.0 Å². The second-order valence-electron chi connectivity index (χ2n) is 5.90. The van der Waals surface area contributed by atoms with Crippen molar-refractivity contribution in [1.82, 2.24) is 9.88 Å². The Bertz CT molecular complexity index is 516. The molecule has 0 aromatic carbocycles. The molecule has 7 heteroatoms. The van der Waals surface area contributed by atoms with Crippen molar-refractivity contribution in [3.63, 3.8) is 0 Å². The van der Waals surface area contributed by atoms with E-state index >= 15 is 0 Å². The average molecular weight is 322 g/mol. The number of nitrogen functional groups attached to an aromatic ring is 1. The fourth-order valence-corrected chi connectivity index (χ4v) is 2.47. The molecule has 1 aliphatic heterocycles. The summed E-state index contributed by atoms with van der Waals surface area (Å²) in [6.07, 6.45) is 1.47.